The number of hydrogen-bond donors (Lipinski definition) is 0. The molecular weight excluding hydrogens is 206 g/mol. The molecule has 1 aromatic rings. The molecule has 2 rings (SSSR count). The van der Waals surface area contributed by atoms with Crippen molar-refractivity contribution in [1.82, 2.24) is 0 Å². The van der Waals surface area contributed by atoms with Gasteiger partial charge in [-0.3, -0.25) is 9.59 Å². The van der Waals surface area contributed by atoms with E-state index in [-0.39, 0.29) is 5.91 Å². The van der Waals surface area contributed by atoms with Crippen LogP contribution in [0.15, 0.2) is 24.3 Å². The molecule has 1 aromatic carbocycles. The van der Waals surface area contributed by atoms with Gasteiger partial charge in [-0.1, -0.05) is 18.2 Å². The van der Waals surface area contributed by atoms with Crippen LogP contribution in [0, 0.1) is 0 Å². The first kappa shape index (κ1) is 10.7. The lowest BCUT2D eigenvalue weighted by atomic mass is 9.84. The second kappa shape index (κ2) is 3.33. The lowest BCUT2D eigenvalue weighted by Gasteiger charge is -2.19. The number of anilines is 1. The van der Waals surface area contributed by atoms with Crippen molar-refractivity contribution < 1.29 is 14.3 Å². The number of rotatable bonds is 1. The molecule has 0 saturated carbocycles. The minimum Gasteiger partial charge on any atom is -0.468 e. The van der Waals surface area contributed by atoms with Crippen LogP contribution < -0.4 is 4.90 Å². The van der Waals surface area contributed by atoms with Crippen molar-refractivity contribution in [2.45, 2.75) is 12.3 Å². The third-order valence-electron chi connectivity index (χ3n) is 3.13. The lowest BCUT2D eigenvalue weighted by molar-refractivity contribution is -0.150. The Morgan fingerprint density at radius 1 is 1.38 bits per heavy atom. The number of ether oxygens (including phenoxy) is 1. The topological polar surface area (TPSA) is 46.6 Å². The summed E-state index contributed by atoms with van der Waals surface area (Å²) in [5.74, 6) is -0.769. The lowest BCUT2D eigenvalue weighted by Crippen LogP contribution is -2.43. The molecule has 1 atom stereocenters. The van der Waals surface area contributed by atoms with Crippen molar-refractivity contribution in [1.29, 1.82) is 0 Å². The van der Waals surface area contributed by atoms with E-state index in [9.17, 15) is 9.59 Å². The van der Waals surface area contributed by atoms with Crippen molar-refractivity contribution in [3.8, 4) is 0 Å². The van der Waals surface area contributed by atoms with Crippen LogP contribution in [0.5, 0.6) is 0 Å². The number of esters is 1. The van der Waals surface area contributed by atoms with Gasteiger partial charge in [0.2, 0.25) is 5.91 Å². The summed E-state index contributed by atoms with van der Waals surface area (Å²) in [6.07, 6.45) is 0. The summed E-state index contributed by atoms with van der Waals surface area (Å²) in [6.45, 7) is 1.60. The minimum absolute atomic E-state index is 0.249. The standard InChI is InChI=1S/C12H13NO3/c1-12(11(15)16-3)8-6-4-5-7-9(8)13(2)10(12)14/h4-7H,1-3H3/t12-/m0/s1. The number of benzene rings is 1. The summed E-state index contributed by atoms with van der Waals surface area (Å²) >= 11 is 0. The van der Waals surface area contributed by atoms with Gasteiger partial charge in [-0.25, -0.2) is 0 Å². The zero-order chi connectivity index (χ0) is 11.9. The number of nitrogens with zero attached hydrogens (tertiary/aromatic N) is 1. The molecule has 1 aliphatic heterocycles. The van der Waals surface area contributed by atoms with Gasteiger partial charge in [-0.05, 0) is 13.0 Å². The van der Waals surface area contributed by atoms with Gasteiger partial charge < -0.3 is 9.64 Å². The molecule has 0 aliphatic carbocycles. The second-order valence-electron chi connectivity index (χ2n) is 4.00. The number of amides is 1. The van der Waals surface area contributed by atoms with Crippen molar-refractivity contribution in [2.75, 3.05) is 19.1 Å². The highest BCUT2D eigenvalue weighted by molar-refractivity contribution is 6.19. The van der Waals surface area contributed by atoms with Gasteiger partial charge >= 0.3 is 5.97 Å². The average molecular weight is 219 g/mol. The molecule has 84 valence electrons. The van der Waals surface area contributed by atoms with E-state index >= 15 is 0 Å². The van der Waals surface area contributed by atoms with E-state index in [1.54, 1.807) is 20.0 Å². The SMILES string of the molecule is COC(=O)[C@]1(C)C(=O)N(C)c2ccccc21. The highest BCUT2D eigenvalue weighted by Gasteiger charge is 2.52. The summed E-state index contributed by atoms with van der Waals surface area (Å²) in [4.78, 5) is 25.4. The number of hydrogen-bond acceptors (Lipinski definition) is 3. The van der Waals surface area contributed by atoms with Crippen LogP contribution >= 0.6 is 0 Å². The fourth-order valence-electron chi connectivity index (χ4n) is 2.15. The Labute approximate surface area is 93.8 Å². The highest BCUT2D eigenvalue weighted by atomic mass is 16.5. The molecule has 0 radical (unpaired) electrons. The van der Waals surface area contributed by atoms with Gasteiger partial charge in [0, 0.05) is 18.3 Å². The van der Waals surface area contributed by atoms with Crippen molar-refractivity contribution in [3.63, 3.8) is 0 Å². The Balaban J connectivity index is 2.65. The molecule has 4 nitrogen and oxygen atoms in total. The molecule has 1 heterocycles. The van der Waals surface area contributed by atoms with Crippen molar-refractivity contribution in [2.24, 2.45) is 0 Å². The van der Waals surface area contributed by atoms with Gasteiger partial charge in [0.05, 0.1) is 7.11 Å². The molecule has 1 aliphatic rings. The van der Waals surface area contributed by atoms with Gasteiger partial charge in [0.1, 0.15) is 0 Å². The predicted octanol–water partition coefficient (Wildman–Crippen LogP) is 1.09. The zero-order valence-electron chi connectivity index (χ0n) is 9.48. The summed E-state index contributed by atoms with van der Waals surface area (Å²) in [5.41, 5.74) is 0.259. The number of fused-ring (bicyclic) bond motifs is 1. The number of para-hydroxylation sites is 1. The Hall–Kier alpha value is -1.84. The molecular formula is C12H13NO3. The van der Waals surface area contributed by atoms with Crippen LogP contribution in [0.2, 0.25) is 0 Å². The van der Waals surface area contributed by atoms with E-state index < -0.39 is 11.4 Å². The first-order valence-corrected chi connectivity index (χ1v) is 4.99. The van der Waals surface area contributed by atoms with Crippen LogP contribution in [0.4, 0.5) is 5.69 Å². The van der Waals surface area contributed by atoms with Crippen LogP contribution in [0.3, 0.4) is 0 Å². The summed E-state index contributed by atoms with van der Waals surface area (Å²) in [7, 11) is 2.96. The van der Waals surface area contributed by atoms with E-state index in [1.807, 2.05) is 18.2 Å². The molecule has 0 N–H and O–H groups in total. The second-order valence-corrected chi connectivity index (χ2v) is 4.00. The first-order valence-electron chi connectivity index (χ1n) is 4.99. The summed E-state index contributed by atoms with van der Waals surface area (Å²) < 4.78 is 4.73. The maximum absolute atomic E-state index is 12.1. The molecule has 0 aromatic heterocycles. The monoisotopic (exact) mass is 219 g/mol. The maximum atomic E-state index is 12.1. The molecule has 0 unspecified atom stereocenters. The van der Waals surface area contributed by atoms with Gasteiger partial charge in [-0.2, -0.15) is 0 Å². The van der Waals surface area contributed by atoms with Crippen LogP contribution in [-0.4, -0.2) is 26.0 Å². The molecule has 0 spiro atoms. The number of carbonyl (C=O) groups is 2. The Morgan fingerprint density at radius 3 is 2.62 bits per heavy atom. The minimum atomic E-state index is -1.21. The van der Waals surface area contributed by atoms with Crippen LogP contribution in [0.25, 0.3) is 0 Å². The molecule has 4 heteroatoms. The zero-order valence-corrected chi connectivity index (χ0v) is 9.48. The van der Waals surface area contributed by atoms with E-state index in [0.29, 0.717) is 5.56 Å². The number of methoxy groups -OCH3 is 1. The highest BCUT2D eigenvalue weighted by Crippen LogP contribution is 2.41. The van der Waals surface area contributed by atoms with E-state index in [4.69, 9.17) is 4.74 Å². The predicted molar refractivity (Wildman–Crippen MR) is 59.2 cm³/mol. The third-order valence-corrected chi connectivity index (χ3v) is 3.13. The van der Waals surface area contributed by atoms with E-state index in [2.05, 4.69) is 0 Å². The normalized spacial score (nSPS) is 23.2. The Kier molecular flexibility index (Phi) is 2.22. The fourth-order valence-corrected chi connectivity index (χ4v) is 2.15. The molecule has 0 saturated heterocycles. The third kappa shape index (κ3) is 1.10. The van der Waals surface area contributed by atoms with E-state index in [1.165, 1.54) is 12.0 Å². The van der Waals surface area contributed by atoms with Gasteiger partial charge in [0.25, 0.3) is 0 Å². The summed E-state index contributed by atoms with van der Waals surface area (Å²) in [6, 6.07) is 7.26. The quantitative estimate of drug-likeness (QED) is 0.524. The fraction of sp³-hybridized carbons (Fsp3) is 0.333. The van der Waals surface area contributed by atoms with E-state index in [0.717, 1.165) is 5.69 Å². The van der Waals surface area contributed by atoms with Crippen molar-refractivity contribution >= 4 is 17.6 Å². The maximum Gasteiger partial charge on any atom is 0.325 e. The largest absolute Gasteiger partial charge is 0.468 e. The average Bonchev–Trinajstić information content (AvgIpc) is 2.52. The van der Waals surface area contributed by atoms with Crippen LogP contribution in [-0.2, 0) is 19.7 Å². The van der Waals surface area contributed by atoms with Crippen LogP contribution in [0.1, 0.15) is 12.5 Å². The van der Waals surface area contributed by atoms with Gasteiger partial charge in [0.15, 0.2) is 5.41 Å². The molecule has 1 amide bonds. The smallest absolute Gasteiger partial charge is 0.325 e. The Bertz CT molecular complexity index is 469. The Morgan fingerprint density at radius 2 is 2.00 bits per heavy atom. The van der Waals surface area contributed by atoms with Crippen molar-refractivity contribution in [3.05, 3.63) is 29.8 Å². The first-order chi connectivity index (χ1) is 7.53. The van der Waals surface area contributed by atoms with Gasteiger partial charge in [-0.15, -0.1) is 0 Å². The molecule has 0 bridgehead atoms. The number of carbonyl (C=O) groups excluding carboxylic acids is 2. The summed E-state index contributed by atoms with van der Waals surface area (Å²) in [5, 5.41) is 0. The molecule has 16 heavy (non-hydrogen) atoms. The number of likely N-dealkylation sites (N-methyl/N-ethyl adjacent to an activating group) is 1. The molecule has 0 fully saturated rings.